The Morgan fingerprint density at radius 2 is 1.82 bits per heavy atom. The molecule has 17 heavy (non-hydrogen) atoms. The van der Waals surface area contributed by atoms with Crippen molar-refractivity contribution < 1.29 is 14.7 Å². The molecule has 0 spiro atoms. The molecule has 0 aliphatic carbocycles. The van der Waals surface area contributed by atoms with Gasteiger partial charge in [0, 0.05) is 26.2 Å². The van der Waals surface area contributed by atoms with Crippen molar-refractivity contribution in [3.63, 3.8) is 0 Å². The van der Waals surface area contributed by atoms with Gasteiger partial charge >= 0.3 is 12.0 Å². The number of nitrogens with zero attached hydrogens (tertiary/aromatic N) is 2. The first-order valence-corrected chi connectivity index (χ1v) is 6.25. The van der Waals surface area contributed by atoms with Gasteiger partial charge in [-0.15, -0.1) is 0 Å². The topological polar surface area (TPSA) is 60.9 Å². The molecular formula is C12H20N2O3. The van der Waals surface area contributed by atoms with Crippen molar-refractivity contribution in [2.75, 3.05) is 26.2 Å². The summed E-state index contributed by atoms with van der Waals surface area (Å²) in [5.74, 6) is -0.577. The van der Waals surface area contributed by atoms with E-state index in [1.165, 1.54) is 0 Å². The van der Waals surface area contributed by atoms with E-state index in [1.54, 1.807) is 4.90 Å². The maximum absolute atomic E-state index is 12.2. The Bertz CT molecular complexity index is 332. The minimum Gasteiger partial charge on any atom is -0.481 e. The van der Waals surface area contributed by atoms with Crippen LogP contribution in [0.25, 0.3) is 0 Å². The van der Waals surface area contributed by atoms with Crippen LogP contribution in [0.5, 0.6) is 0 Å². The lowest BCUT2D eigenvalue weighted by Gasteiger charge is -2.24. The lowest BCUT2D eigenvalue weighted by molar-refractivity contribution is -0.142. The van der Waals surface area contributed by atoms with Crippen molar-refractivity contribution in [2.24, 2.45) is 17.8 Å². The van der Waals surface area contributed by atoms with Gasteiger partial charge in [-0.2, -0.15) is 0 Å². The molecule has 2 heterocycles. The Kier molecular flexibility index (Phi) is 3.26. The molecule has 0 radical (unpaired) electrons. The standard InChI is InChI=1S/C12H20N2O3/c1-8-3-4-13(5-8)12(17)14-6-9(2)10(7-14)11(15)16/h8-10H,3-7H2,1-2H3,(H,15,16)/t8?,9-,10-/m1/s1. The normalized spacial score (nSPS) is 33.2. The lowest BCUT2D eigenvalue weighted by atomic mass is 9.99. The third-order valence-corrected chi connectivity index (χ3v) is 3.89. The van der Waals surface area contributed by atoms with Gasteiger partial charge in [-0.3, -0.25) is 4.79 Å². The van der Waals surface area contributed by atoms with Gasteiger partial charge in [0.15, 0.2) is 0 Å². The number of hydrogen-bond acceptors (Lipinski definition) is 2. The van der Waals surface area contributed by atoms with Crippen molar-refractivity contribution >= 4 is 12.0 Å². The minimum atomic E-state index is -0.789. The summed E-state index contributed by atoms with van der Waals surface area (Å²) in [5.41, 5.74) is 0. The lowest BCUT2D eigenvalue weighted by Crippen LogP contribution is -2.41. The van der Waals surface area contributed by atoms with Crippen LogP contribution in [-0.2, 0) is 4.79 Å². The van der Waals surface area contributed by atoms with Crippen molar-refractivity contribution in [1.82, 2.24) is 9.80 Å². The number of rotatable bonds is 1. The van der Waals surface area contributed by atoms with E-state index in [2.05, 4.69) is 6.92 Å². The van der Waals surface area contributed by atoms with Crippen LogP contribution in [-0.4, -0.2) is 53.1 Å². The molecule has 2 amide bonds. The van der Waals surface area contributed by atoms with Gasteiger partial charge in [-0.1, -0.05) is 13.8 Å². The predicted molar refractivity (Wildman–Crippen MR) is 62.6 cm³/mol. The molecule has 0 aromatic rings. The molecule has 3 atom stereocenters. The molecule has 0 aromatic carbocycles. The number of likely N-dealkylation sites (tertiary alicyclic amines) is 2. The molecule has 2 fully saturated rings. The maximum atomic E-state index is 12.2. The van der Waals surface area contributed by atoms with Gasteiger partial charge in [0.2, 0.25) is 0 Å². The van der Waals surface area contributed by atoms with Crippen LogP contribution in [0.1, 0.15) is 20.3 Å². The van der Waals surface area contributed by atoms with E-state index < -0.39 is 11.9 Å². The molecule has 0 bridgehead atoms. The first-order chi connectivity index (χ1) is 7.99. The van der Waals surface area contributed by atoms with Crippen LogP contribution < -0.4 is 0 Å². The number of aliphatic carboxylic acids is 1. The van der Waals surface area contributed by atoms with E-state index in [4.69, 9.17) is 5.11 Å². The van der Waals surface area contributed by atoms with Crippen LogP contribution in [0.3, 0.4) is 0 Å². The van der Waals surface area contributed by atoms with E-state index >= 15 is 0 Å². The Labute approximate surface area is 101 Å². The summed E-state index contributed by atoms with van der Waals surface area (Å²) >= 11 is 0. The summed E-state index contributed by atoms with van der Waals surface area (Å²) < 4.78 is 0. The van der Waals surface area contributed by atoms with Crippen LogP contribution in [0, 0.1) is 17.8 Å². The molecule has 5 nitrogen and oxygen atoms in total. The average Bonchev–Trinajstić information content (AvgIpc) is 2.83. The SMILES string of the molecule is CC1CCN(C(=O)N2C[C@@H](C)[C@H](C(=O)O)C2)C1. The van der Waals surface area contributed by atoms with Gasteiger partial charge in [-0.25, -0.2) is 4.79 Å². The quantitative estimate of drug-likeness (QED) is 0.746. The number of carbonyl (C=O) groups is 2. The van der Waals surface area contributed by atoms with Gasteiger partial charge in [0.25, 0.3) is 0 Å². The van der Waals surface area contributed by atoms with Gasteiger partial charge < -0.3 is 14.9 Å². The Morgan fingerprint density at radius 3 is 2.29 bits per heavy atom. The maximum Gasteiger partial charge on any atom is 0.320 e. The number of carboxylic acid groups (broad SMARTS) is 1. The largest absolute Gasteiger partial charge is 0.481 e. The number of amides is 2. The first kappa shape index (κ1) is 12.2. The molecule has 0 aromatic heterocycles. The van der Waals surface area contributed by atoms with E-state index in [0.29, 0.717) is 19.0 Å². The highest BCUT2D eigenvalue weighted by Gasteiger charge is 2.39. The summed E-state index contributed by atoms with van der Waals surface area (Å²) in [6.45, 7) is 6.59. The van der Waals surface area contributed by atoms with Gasteiger partial charge in [0.1, 0.15) is 0 Å². The zero-order valence-electron chi connectivity index (χ0n) is 10.4. The van der Waals surface area contributed by atoms with Crippen LogP contribution in [0.2, 0.25) is 0 Å². The Hall–Kier alpha value is -1.26. The monoisotopic (exact) mass is 240 g/mol. The Morgan fingerprint density at radius 1 is 1.12 bits per heavy atom. The molecule has 5 heteroatoms. The van der Waals surface area contributed by atoms with Crippen LogP contribution in [0.4, 0.5) is 4.79 Å². The van der Waals surface area contributed by atoms with E-state index in [0.717, 1.165) is 19.5 Å². The van der Waals surface area contributed by atoms with Crippen LogP contribution in [0.15, 0.2) is 0 Å². The molecule has 0 saturated carbocycles. The second-order valence-corrected chi connectivity index (χ2v) is 5.45. The Balaban J connectivity index is 1.96. The summed E-state index contributed by atoms with van der Waals surface area (Å²) in [6.07, 6.45) is 1.05. The number of carbonyl (C=O) groups excluding carboxylic acids is 1. The van der Waals surface area contributed by atoms with Crippen LogP contribution >= 0.6 is 0 Å². The number of carboxylic acids is 1. The van der Waals surface area contributed by atoms with Crippen molar-refractivity contribution in [3.8, 4) is 0 Å². The second kappa shape index (κ2) is 4.55. The average molecular weight is 240 g/mol. The first-order valence-electron chi connectivity index (χ1n) is 6.25. The zero-order chi connectivity index (χ0) is 12.6. The third-order valence-electron chi connectivity index (χ3n) is 3.89. The number of urea groups is 1. The fourth-order valence-corrected chi connectivity index (χ4v) is 2.75. The molecule has 1 unspecified atom stereocenters. The summed E-state index contributed by atoms with van der Waals surface area (Å²) in [5, 5.41) is 9.04. The highest BCUT2D eigenvalue weighted by Crippen LogP contribution is 2.25. The van der Waals surface area contributed by atoms with Gasteiger partial charge in [-0.05, 0) is 18.3 Å². The molecular weight excluding hydrogens is 220 g/mol. The van der Waals surface area contributed by atoms with E-state index in [1.807, 2.05) is 11.8 Å². The minimum absolute atomic E-state index is 0.0185. The second-order valence-electron chi connectivity index (χ2n) is 5.45. The summed E-state index contributed by atoms with van der Waals surface area (Å²) in [7, 11) is 0. The van der Waals surface area contributed by atoms with Crippen molar-refractivity contribution in [3.05, 3.63) is 0 Å². The van der Waals surface area contributed by atoms with Gasteiger partial charge in [0.05, 0.1) is 5.92 Å². The molecule has 1 N–H and O–H groups in total. The molecule has 2 saturated heterocycles. The molecule has 96 valence electrons. The summed E-state index contributed by atoms with van der Waals surface area (Å²) in [6, 6.07) is 0.0185. The van der Waals surface area contributed by atoms with Crippen molar-refractivity contribution in [1.29, 1.82) is 0 Å². The fourth-order valence-electron chi connectivity index (χ4n) is 2.75. The predicted octanol–water partition coefficient (Wildman–Crippen LogP) is 1.10. The molecule has 2 aliphatic heterocycles. The smallest absolute Gasteiger partial charge is 0.320 e. The van der Waals surface area contributed by atoms with Crippen molar-refractivity contribution in [2.45, 2.75) is 20.3 Å². The highest BCUT2D eigenvalue weighted by atomic mass is 16.4. The fraction of sp³-hybridized carbons (Fsp3) is 0.833. The zero-order valence-corrected chi connectivity index (χ0v) is 10.4. The van der Waals surface area contributed by atoms with E-state index in [-0.39, 0.29) is 11.9 Å². The summed E-state index contributed by atoms with van der Waals surface area (Å²) in [4.78, 5) is 26.7. The molecule has 2 rings (SSSR count). The molecule has 2 aliphatic rings. The third kappa shape index (κ3) is 2.37. The number of hydrogen-bond donors (Lipinski definition) is 1. The highest BCUT2D eigenvalue weighted by molar-refractivity contribution is 5.78. The van der Waals surface area contributed by atoms with E-state index in [9.17, 15) is 9.59 Å².